The summed E-state index contributed by atoms with van der Waals surface area (Å²) < 4.78 is 26.2. The molecule has 1 aliphatic rings. The molecule has 126 valence electrons. The highest BCUT2D eigenvalue weighted by Crippen LogP contribution is 2.09. The molecule has 0 atom stereocenters. The fraction of sp³-hybridized carbons (Fsp3) is 1.00. The van der Waals surface area contributed by atoms with Gasteiger partial charge in [-0.05, 0) is 40.0 Å². The molecule has 0 spiro atoms. The van der Waals surface area contributed by atoms with E-state index in [1.165, 1.54) is 0 Å². The predicted octanol–water partition coefficient (Wildman–Crippen LogP) is -0.115. The molecule has 1 heterocycles. The smallest absolute Gasteiger partial charge is 0.214 e. The molecule has 0 unspecified atom stereocenters. The minimum Gasteiger partial charge on any atom is -0.317 e. The van der Waals surface area contributed by atoms with Crippen LogP contribution in [0.15, 0.2) is 0 Å². The van der Waals surface area contributed by atoms with Crippen molar-refractivity contribution < 1.29 is 8.42 Å². The van der Waals surface area contributed by atoms with Crippen LogP contribution in [-0.2, 0) is 10.0 Å². The summed E-state index contributed by atoms with van der Waals surface area (Å²) in [6, 6.07) is 0. The third-order valence-corrected chi connectivity index (χ3v) is 5.80. The lowest BCUT2D eigenvalue weighted by Crippen LogP contribution is -2.50. The Morgan fingerprint density at radius 1 is 1.10 bits per heavy atom. The first kappa shape index (κ1) is 18.8. The standard InChI is InChI=1S/C14H32N4O2S/c1-4-15-7-5-6-14-21(19,20)18-12-10-17(11-13-18)9-8-16(2)3/h15H,4-14H2,1-3H3. The zero-order valence-corrected chi connectivity index (χ0v) is 14.7. The lowest BCUT2D eigenvalue weighted by Gasteiger charge is -2.34. The highest BCUT2D eigenvalue weighted by atomic mass is 32.2. The van der Waals surface area contributed by atoms with Crippen molar-refractivity contribution >= 4 is 10.0 Å². The van der Waals surface area contributed by atoms with Crippen LogP contribution in [0.3, 0.4) is 0 Å². The molecule has 0 aliphatic carbocycles. The maximum atomic E-state index is 12.3. The normalized spacial score (nSPS) is 18.5. The van der Waals surface area contributed by atoms with Crippen molar-refractivity contribution in [1.29, 1.82) is 0 Å². The Morgan fingerprint density at radius 3 is 2.33 bits per heavy atom. The molecule has 7 heteroatoms. The summed E-state index contributed by atoms with van der Waals surface area (Å²) in [6.45, 7) is 8.94. The van der Waals surface area contributed by atoms with Gasteiger partial charge in [0.25, 0.3) is 0 Å². The molecule has 0 amide bonds. The number of nitrogens with one attached hydrogen (secondary N) is 1. The molecule has 0 aromatic carbocycles. The molecular formula is C14H32N4O2S. The second kappa shape index (κ2) is 9.74. The number of hydrogen-bond acceptors (Lipinski definition) is 5. The van der Waals surface area contributed by atoms with Crippen LogP contribution in [0.25, 0.3) is 0 Å². The second-order valence-electron chi connectivity index (χ2n) is 5.92. The summed E-state index contributed by atoms with van der Waals surface area (Å²) in [6.07, 6.45) is 1.67. The predicted molar refractivity (Wildman–Crippen MR) is 88.1 cm³/mol. The van der Waals surface area contributed by atoms with E-state index in [9.17, 15) is 8.42 Å². The largest absolute Gasteiger partial charge is 0.317 e. The molecule has 0 aromatic heterocycles. The number of nitrogens with zero attached hydrogens (tertiary/aromatic N) is 3. The van der Waals surface area contributed by atoms with Gasteiger partial charge in [0, 0.05) is 39.3 Å². The van der Waals surface area contributed by atoms with Crippen LogP contribution in [0.1, 0.15) is 19.8 Å². The number of hydrogen-bond donors (Lipinski definition) is 1. The number of likely N-dealkylation sites (N-methyl/N-ethyl adjacent to an activating group) is 1. The van der Waals surface area contributed by atoms with Gasteiger partial charge in [0.1, 0.15) is 0 Å². The molecule has 6 nitrogen and oxygen atoms in total. The van der Waals surface area contributed by atoms with Gasteiger partial charge in [0.05, 0.1) is 5.75 Å². The maximum absolute atomic E-state index is 12.3. The van der Waals surface area contributed by atoms with Crippen molar-refractivity contribution in [3.8, 4) is 0 Å². The minimum absolute atomic E-state index is 0.288. The maximum Gasteiger partial charge on any atom is 0.214 e. The second-order valence-corrected chi connectivity index (χ2v) is 8.01. The summed E-state index contributed by atoms with van der Waals surface area (Å²) in [7, 11) is 1.07. The molecule has 0 radical (unpaired) electrons. The number of sulfonamides is 1. The zero-order chi connectivity index (χ0) is 15.7. The summed E-state index contributed by atoms with van der Waals surface area (Å²) in [5, 5.41) is 3.22. The fourth-order valence-corrected chi connectivity index (χ4v) is 3.96. The van der Waals surface area contributed by atoms with Crippen molar-refractivity contribution in [1.82, 2.24) is 19.4 Å². The first-order valence-electron chi connectivity index (χ1n) is 8.01. The Balaban J connectivity index is 2.25. The third kappa shape index (κ3) is 7.56. The highest BCUT2D eigenvalue weighted by Gasteiger charge is 2.26. The van der Waals surface area contributed by atoms with Crippen molar-refractivity contribution in [2.75, 3.05) is 72.2 Å². The van der Waals surface area contributed by atoms with Gasteiger partial charge in [-0.15, -0.1) is 0 Å². The average Bonchev–Trinajstić information content (AvgIpc) is 2.45. The molecule has 21 heavy (non-hydrogen) atoms. The van der Waals surface area contributed by atoms with Gasteiger partial charge < -0.3 is 10.2 Å². The Labute approximate surface area is 130 Å². The summed E-state index contributed by atoms with van der Waals surface area (Å²) in [5.41, 5.74) is 0. The fourth-order valence-electron chi connectivity index (χ4n) is 2.41. The number of unbranched alkanes of at least 4 members (excludes halogenated alkanes) is 1. The van der Waals surface area contributed by atoms with Crippen LogP contribution in [0.2, 0.25) is 0 Å². The topological polar surface area (TPSA) is 55.9 Å². The first-order valence-corrected chi connectivity index (χ1v) is 9.62. The Kier molecular flexibility index (Phi) is 8.73. The molecule has 0 saturated carbocycles. The monoisotopic (exact) mass is 320 g/mol. The van der Waals surface area contributed by atoms with E-state index in [-0.39, 0.29) is 5.75 Å². The summed E-state index contributed by atoms with van der Waals surface area (Å²) in [4.78, 5) is 4.50. The van der Waals surface area contributed by atoms with Crippen LogP contribution in [0.4, 0.5) is 0 Å². The van der Waals surface area contributed by atoms with Crippen LogP contribution in [0.5, 0.6) is 0 Å². The Morgan fingerprint density at radius 2 is 1.76 bits per heavy atom. The van der Waals surface area contributed by atoms with Crippen LogP contribution in [-0.4, -0.2) is 94.7 Å². The minimum atomic E-state index is -3.06. The van der Waals surface area contributed by atoms with Gasteiger partial charge in [-0.1, -0.05) is 6.92 Å². The van der Waals surface area contributed by atoms with E-state index in [2.05, 4.69) is 36.1 Å². The van der Waals surface area contributed by atoms with E-state index in [0.717, 1.165) is 52.1 Å². The van der Waals surface area contributed by atoms with Crippen LogP contribution >= 0.6 is 0 Å². The molecule has 1 aliphatic heterocycles. The van der Waals surface area contributed by atoms with Crippen molar-refractivity contribution in [2.45, 2.75) is 19.8 Å². The van der Waals surface area contributed by atoms with E-state index in [4.69, 9.17) is 0 Å². The van der Waals surface area contributed by atoms with Crippen LogP contribution < -0.4 is 5.32 Å². The van der Waals surface area contributed by atoms with Gasteiger partial charge in [0.15, 0.2) is 0 Å². The number of rotatable bonds is 10. The van der Waals surface area contributed by atoms with E-state index in [0.29, 0.717) is 13.1 Å². The Bertz CT molecular complexity index is 365. The van der Waals surface area contributed by atoms with Crippen molar-refractivity contribution in [3.05, 3.63) is 0 Å². The van der Waals surface area contributed by atoms with Gasteiger partial charge in [-0.2, -0.15) is 4.31 Å². The van der Waals surface area contributed by atoms with E-state index < -0.39 is 10.0 Å². The van der Waals surface area contributed by atoms with Gasteiger partial charge >= 0.3 is 0 Å². The van der Waals surface area contributed by atoms with Gasteiger partial charge in [0.2, 0.25) is 10.0 Å². The van der Waals surface area contributed by atoms with E-state index in [1.54, 1.807) is 4.31 Å². The molecular weight excluding hydrogens is 288 g/mol. The van der Waals surface area contributed by atoms with Crippen molar-refractivity contribution in [2.24, 2.45) is 0 Å². The molecule has 1 rings (SSSR count). The van der Waals surface area contributed by atoms with Crippen molar-refractivity contribution in [3.63, 3.8) is 0 Å². The molecule has 1 N–H and O–H groups in total. The molecule has 1 fully saturated rings. The molecule has 1 saturated heterocycles. The van der Waals surface area contributed by atoms with Gasteiger partial charge in [-0.25, -0.2) is 8.42 Å². The van der Waals surface area contributed by atoms with E-state index in [1.807, 2.05) is 0 Å². The quantitative estimate of drug-likeness (QED) is 0.569. The number of piperazine rings is 1. The van der Waals surface area contributed by atoms with Gasteiger partial charge in [-0.3, -0.25) is 4.90 Å². The summed E-state index contributed by atoms with van der Waals surface area (Å²) in [5.74, 6) is 0.288. The van der Waals surface area contributed by atoms with Crippen LogP contribution in [0, 0.1) is 0 Å². The Hall–Kier alpha value is -0.210. The SMILES string of the molecule is CCNCCCCS(=O)(=O)N1CCN(CCN(C)C)CC1. The highest BCUT2D eigenvalue weighted by molar-refractivity contribution is 7.89. The first-order chi connectivity index (χ1) is 9.95. The zero-order valence-electron chi connectivity index (χ0n) is 13.8. The van der Waals surface area contributed by atoms with E-state index >= 15 is 0 Å². The molecule has 0 bridgehead atoms. The summed E-state index contributed by atoms with van der Waals surface area (Å²) >= 11 is 0. The molecule has 0 aromatic rings. The lowest BCUT2D eigenvalue weighted by atomic mass is 10.3. The average molecular weight is 321 g/mol. The third-order valence-electron chi connectivity index (χ3n) is 3.84. The lowest BCUT2D eigenvalue weighted by molar-refractivity contribution is 0.174.